The normalized spacial score (nSPS) is 12.5. The second-order valence-electron chi connectivity index (χ2n) is 5.73. The molecule has 0 amide bonds. The third kappa shape index (κ3) is 4.29. The lowest BCUT2D eigenvalue weighted by atomic mass is 10.1. The Morgan fingerprint density at radius 2 is 1.68 bits per heavy atom. The molecule has 0 bridgehead atoms. The number of anilines is 1. The summed E-state index contributed by atoms with van der Waals surface area (Å²) in [5.41, 5.74) is 12.1. The van der Waals surface area contributed by atoms with Crippen molar-refractivity contribution in [3.63, 3.8) is 0 Å². The number of hydrogen-bond donors (Lipinski definition) is 3. The van der Waals surface area contributed by atoms with Gasteiger partial charge in [-0.25, -0.2) is 18.2 Å². The summed E-state index contributed by atoms with van der Waals surface area (Å²) in [6.45, 7) is 0. The molecule has 0 saturated heterocycles. The zero-order chi connectivity index (χ0) is 20.1. The van der Waals surface area contributed by atoms with Crippen LogP contribution in [0.1, 0.15) is 11.1 Å². The summed E-state index contributed by atoms with van der Waals surface area (Å²) in [5.74, 6) is -1.96. The molecule has 0 radical (unpaired) electrons. The number of aliphatic imine (C=N–C) groups is 1. The number of guanidine groups is 1. The molecular weight excluding hydrogens is 367 g/mol. The highest BCUT2D eigenvalue weighted by molar-refractivity contribution is 6.00. The second-order valence-corrected chi connectivity index (χ2v) is 5.73. The first-order valence-corrected chi connectivity index (χ1v) is 8.17. The molecule has 8 heteroatoms. The van der Waals surface area contributed by atoms with Crippen LogP contribution in [-0.4, -0.2) is 10.9 Å². The molecule has 5 N–H and O–H groups in total. The summed E-state index contributed by atoms with van der Waals surface area (Å²) in [6, 6.07) is 12.6. The van der Waals surface area contributed by atoms with Crippen molar-refractivity contribution >= 4 is 23.0 Å². The third-order valence-electron chi connectivity index (χ3n) is 3.78. The molecule has 0 fully saturated rings. The number of nitrogens with one attached hydrogen (secondary N) is 1. The highest BCUT2D eigenvalue weighted by Crippen LogP contribution is 2.27. The van der Waals surface area contributed by atoms with Gasteiger partial charge in [0.25, 0.3) is 0 Å². The van der Waals surface area contributed by atoms with Gasteiger partial charge < -0.3 is 16.8 Å². The van der Waals surface area contributed by atoms with Crippen molar-refractivity contribution in [2.75, 3.05) is 5.32 Å². The van der Waals surface area contributed by atoms with Crippen LogP contribution in [0.2, 0.25) is 0 Å². The summed E-state index contributed by atoms with van der Waals surface area (Å²) in [6.07, 6.45) is 2.33. The van der Waals surface area contributed by atoms with Gasteiger partial charge in [-0.3, -0.25) is 4.98 Å². The van der Waals surface area contributed by atoms with E-state index in [-0.39, 0.29) is 28.5 Å². The van der Waals surface area contributed by atoms with Crippen molar-refractivity contribution in [2.45, 2.75) is 0 Å². The van der Waals surface area contributed by atoms with Crippen LogP contribution >= 0.6 is 0 Å². The van der Waals surface area contributed by atoms with E-state index in [0.717, 1.165) is 6.20 Å². The number of nitrogens with two attached hydrogens (primary N) is 2. The van der Waals surface area contributed by atoms with E-state index in [4.69, 9.17) is 11.5 Å². The van der Waals surface area contributed by atoms with Gasteiger partial charge in [-0.2, -0.15) is 0 Å². The summed E-state index contributed by atoms with van der Waals surface area (Å²) >= 11 is 0. The second kappa shape index (κ2) is 8.26. The Morgan fingerprint density at radius 1 is 0.893 bits per heavy atom. The Labute approximate surface area is 159 Å². The summed E-state index contributed by atoms with van der Waals surface area (Å²) in [7, 11) is 0. The molecule has 2 aromatic carbocycles. The van der Waals surface area contributed by atoms with Crippen LogP contribution in [0, 0.1) is 17.5 Å². The standard InChI is InChI=1S/C20H16F3N5/c21-12-4-3-5-13(10-12)27-20(25)28-19(15-6-1-2-7-16(15)22)18(24)14-8-9-26-11-17(14)23/h1-11H,24H2,(H3,25,27,28)/b19-18-. The Bertz CT molecular complexity index is 1060. The minimum absolute atomic E-state index is 0.00411. The molecule has 28 heavy (non-hydrogen) atoms. The van der Waals surface area contributed by atoms with Crippen molar-refractivity contribution in [2.24, 2.45) is 16.5 Å². The minimum Gasteiger partial charge on any atom is -0.396 e. The predicted octanol–water partition coefficient (Wildman–Crippen LogP) is 3.71. The van der Waals surface area contributed by atoms with Gasteiger partial charge in [-0.15, -0.1) is 0 Å². The zero-order valence-electron chi connectivity index (χ0n) is 14.5. The van der Waals surface area contributed by atoms with Crippen LogP contribution in [0.3, 0.4) is 0 Å². The van der Waals surface area contributed by atoms with Crippen molar-refractivity contribution < 1.29 is 13.2 Å². The highest BCUT2D eigenvalue weighted by atomic mass is 19.1. The summed E-state index contributed by atoms with van der Waals surface area (Å²) in [5, 5.41) is 2.69. The third-order valence-corrected chi connectivity index (χ3v) is 3.78. The van der Waals surface area contributed by atoms with E-state index in [0.29, 0.717) is 5.69 Å². The number of aromatic nitrogens is 1. The number of halogens is 3. The topological polar surface area (TPSA) is 89.3 Å². The molecule has 0 aliphatic carbocycles. The molecule has 3 rings (SSSR count). The van der Waals surface area contributed by atoms with Crippen molar-refractivity contribution in [3.05, 3.63) is 95.6 Å². The maximum Gasteiger partial charge on any atom is 0.198 e. The van der Waals surface area contributed by atoms with Gasteiger partial charge in [-0.1, -0.05) is 18.2 Å². The van der Waals surface area contributed by atoms with E-state index in [1.165, 1.54) is 48.7 Å². The largest absolute Gasteiger partial charge is 0.396 e. The van der Waals surface area contributed by atoms with E-state index in [1.807, 2.05) is 0 Å². The maximum absolute atomic E-state index is 14.4. The first-order valence-electron chi connectivity index (χ1n) is 8.17. The first-order chi connectivity index (χ1) is 13.5. The molecule has 1 heterocycles. The van der Waals surface area contributed by atoms with Gasteiger partial charge in [0.2, 0.25) is 0 Å². The molecule has 0 aliphatic heterocycles. The number of hydrogen-bond acceptors (Lipinski definition) is 3. The zero-order valence-corrected chi connectivity index (χ0v) is 14.5. The molecule has 3 aromatic rings. The number of rotatable bonds is 4. The van der Waals surface area contributed by atoms with E-state index < -0.39 is 17.5 Å². The van der Waals surface area contributed by atoms with E-state index in [9.17, 15) is 13.2 Å². The van der Waals surface area contributed by atoms with Crippen LogP contribution in [0.5, 0.6) is 0 Å². The van der Waals surface area contributed by atoms with Gasteiger partial charge in [-0.05, 0) is 36.4 Å². The fraction of sp³-hybridized carbons (Fsp3) is 0. The molecule has 0 aliphatic rings. The lowest BCUT2D eigenvalue weighted by Gasteiger charge is -2.12. The Kier molecular flexibility index (Phi) is 5.59. The van der Waals surface area contributed by atoms with E-state index in [2.05, 4.69) is 15.3 Å². The minimum atomic E-state index is -0.694. The molecule has 1 aromatic heterocycles. The van der Waals surface area contributed by atoms with Gasteiger partial charge in [0.15, 0.2) is 11.8 Å². The quantitative estimate of drug-likeness (QED) is 0.473. The highest BCUT2D eigenvalue weighted by Gasteiger charge is 2.16. The van der Waals surface area contributed by atoms with Crippen molar-refractivity contribution in [3.8, 4) is 0 Å². The SMILES string of the molecule is NC(=N/C(=C(\N)c1ccncc1F)c1ccccc1F)Nc1cccc(F)c1. The van der Waals surface area contributed by atoms with Crippen LogP contribution in [0.25, 0.3) is 11.4 Å². The lowest BCUT2D eigenvalue weighted by molar-refractivity contribution is 0.616. The fourth-order valence-electron chi connectivity index (χ4n) is 2.50. The van der Waals surface area contributed by atoms with Crippen molar-refractivity contribution in [1.29, 1.82) is 0 Å². The maximum atomic E-state index is 14.4. The first kappa shape index (κ1) is 19.0. The molecule has 0 spiro atoms. The van der Waals surface area contributed by atoms with Crippen LogP contribution in [-0.2, 0) is 0 Å². The van der Waals surface area contributed by atoms with Crippen molar-refractivity contribution in [1.82, 2.24) is 4.98 Å². The van der Waals surface area contributed by atoms with Gasteiger partial charge in [0.05, 0.1) is 11.9 Å². The Balaban J connectivity index is 2.10. The van der Waals surface area contributed by atoms with Crippen LogP contribution in [0.15, 0.2) is 72.0 Å². The monoisotopic (exact) mass is 383 g/mol. The van der Waals surface area contributed by atoms with Gasteiger partial charge in [0.1, 0.15) is 17.3 Å². The number of nitrogens with zero attached hydrogens (tertiary/aromatic N) is 2. The predicted molar refractivity (Wildman–Crippen MR) is 103 cm³/mol. The Hall–Kier alpha value is -3.81. The molecule has 0 atom stereocenters. The average Bonchev–Trinajstić information content (AvgIpc) is 2.67. The lowest BCUT2D eigenvalue weighted by Crippen LogP contribution is -2.23. The van der Waals surface area contributed by atoms with E-state index in [1.54, 1.807) is 12.1 Å². The van der Waals surface area contributed by atoms with E-state index >= 15 is 0 Å². The van der Waals surface area contributed by atoms with Crippen LogP contribution < -0.4 is 16.8 Å². The number of benzene rings is 2. The van der Waals surface area contributed by atoms with Gasteiger partial charge in [0, 0.05) is 23.0 Å². The molecule has 0 saturated carbocycles. The van der Waals surface area contributed by atoms with Crippen LogP contribution in [0.4, 0.5) is 18.9 Å². The fourth-order valence-corrected chi connectivity index (χ4v) is 2.50. The summed E-state index contributed by atoms with van der Waals surface area (Å²) < 4.78 is 41.9. The molecular formula is C20H16F3N5. The molecule has 5 nitrogen and oxygen atoms in total. The summed E-state index contributed by atoms with van der Waals surface area (Å²) in [4.78, 5) is 7.80. The number of pyridine rings is 1. The smallest absolute Gasteiger partial charge is 0.198 e. The molecule has 142 valence electrons. The average molecular weight is 383 g/mol. The molecule has 0 unspecified atom stereocenters. The van der Waals surface area contributed by atoms with Gasteiger partial charge >= 0.3 is 0 Å². The Morgan fingerprint density at radius 3 is 2.39 bits per heavy atom.